The molecule has 7 rings (SSSR count). The monoisotopic (exact) mass is 676 g/mol. The van der Waals surface area contributed by atoms with Crippen LogP contribution in [0.25, 0.3) is 16.6 Å². The number of hydrogen-bond donors (Lipinski definition) is 3. The van der Waals surface area contributed by atoms with Crippen molar-refractivity contribution in [3.8, 4) is 0 Å². The number of piperidine rings is 2. The normalized spacial score (nSPS) is 23.8. The molecule has 260 valence electrons. The third-order valence-electron chi connectivity index (χ3n) is 10.7. The van der Waals surface area contributed by atoms with E-state index in [4.69, 9.17) is 15.7 Å². The van der Waals surface area contributed by atoms with Crippen molar-refractivity contribution >= 4 is 46.4 Å². The molecule has 4 amide bonds. The molecule has 1 saturated carbocycles. The molecular formula is C38H44N8O4. The first-order valence-corrected chi connectivity index (χ1v) is 17.8. The van der Waals surface area contributed by atoms with Gasteiger partial charge in [0.25, 0.3) is 5.91 Å². The lowest BCUT2D eigenvalue weighted by Gasteiger charge is -2.40. The van der Waals surface area contributed by atoms with Crippen molar-refractivity contribution in [2.75, 3.05) is 13.1 Å². The van der Waals surface area contributed by atoms with Crippen LogP contribution < -0.4 is 16.4 Å². The van der Waals surface area contributed by atoms with Crippen LogP contribution in [0, 0.1) is 5.92 Å². The second-order valence-corrected chi connectivity index (χ2v) is 14.0. The maximum absolute atomic E-state index is 13.0. The fraction of sp³-hybridized carbons (Fsp3) is 0.447. The Balaban J connectivity index is 0.823. The van der Waals surface area contributed by atoms with Crippen molar-refractivity contribution in [3.05, 3.63) is 77.2 Å². The summed E-state index contributed by atoms with van der Waals surface area (Å²) in [4.78, 5) is 68.0. The van der Waals surface area contributed by atoms with Crippen LogP contribution in [0.1, 0.15) is 85.0 Å². The number of nitrogens with two attached hydrogens (primary N) is 1. The Kier molecular flexibility index (Phi) is 9.97. The first kappa shape index (κ1) is 33.5. The Morgan fingerprint density at radius 2 is 1.78 bits per heavy atom. The van der Waals surface area contributed by atoms with Gasteiger partial charge in [-0.3, -0.25) is 34.5 Å². The van der Waals surface area contributed by atoms with Crippen LogP contribution in [0.4, 0.5) is 0 Å². The molecule has 0 bridgehead atoms. The maximum atomic E-state index is 13.0. The van der Waals surface area contributed by atoms with Crippen molar-refractivity contribution in [1.29, 1.82) is 0 Å². The van der Waals surface area contributed by atoms with E-state index in [1.807, 2.05) is 42.6 Å². The highest BCUT2D eigenvalue weighted by molar-refractivity contribution is 6.09. The van der Waals surface area contributed by atoms with Gasteiger partial charge in [-0.1, -0.05) is 24.3 Å². The average Bonchev–Trinajstić information content (AvgIpc) is 3.46. The predicted molar refractivity (Wildman–Crippen MR) is 189 cm³/mol. The third kappa shape index (κ3) is 7.45. The number of fused-ring (bicyclic) bond motifs is 2. The summed E-state index contributed by atoms with van der Waals surface area (Å²) in [6.45, 7) is 2.76. The minimum atomic E-state index is -0.636. The second-order valence-electron chi connectivity index (χ2n) is 14.0. The molecule has 1 atom stereocenters. The number of hydrogen-bond acceptors (Lipinski definition) is 9. The number of carbonyl (C=O) groups is 4. The van der Waals surface area contributed by atoms with Crippen molar-refractivity contribution in [1.82, 2.24) is 30.4 Å². The number of nitrogens with one attached hydrogen (secondary N) is 2. The van der Waals surface area contributed by atoms with Crippen molar-refractivity contribution < 1.29 is 19.2 Å². The molecule has 50 heavy (non-hydrogen) atoms. The Morgan fingerprint density at radius 1 is 1.00 bits per heavy atom. The van der Waals surface area contributed by atoms with Crippen molar-refractivity contribution in [2.24, 2.45) is 16.6 Å². The molecule has 1 aliphatic carbocycles. The molecule has 4 N–H and O–H groups in total. The first-order valence-electron chi connectivity index (χ1n) is 17.8. The zero-order valence-corrected chi connectivity index (χ0v) is 28.2. The highest BCUT2D eigenvalue weighted by Gasteiger charge is 2.39. The number of benzene rings is 2. The van der Waals surface area contributed by atoms with Gasteiger partial charge in [0, 0.05) is 68.6 Å². The van der Waals surface area contributed by atoms with E-state index >= 15 is 0 Å². The number of nitrogens with zero attached hydrogens (tertiary/aromatic N) is 5. The Labute approximate surface area is 291 Å². The van der Waals surface area contributed by atoms with Gasteiger partial charge in [-0.25, -0.2) is 4.98 Å². The van der Waals surface area contributed by atoms with E-state index in [-0.39, 0.29) is 30.2 Å². The van der Waals surface area contributed by atoms with Gasteiger partial charge in [0.05, 0.1) is 29.0 Å². The summed E-state index contributed by atoms with van der Waals surface area (Å²) in [6.07, 6.45) is 12.5. The quantitative estimate of drug-likeness (QED) is 0.229. The van der Waals surface area contributed by atoms with Gasteiger partial charge in [0.15, 0.2) is 0 Å². The summed E-state index contributed by atoms with van der Waals surface area (Å²) in [5.74, 6) is -0.481. The smallest absolute Gasteiger partial charge is 0.255 e. The van der Waals surface area contributed by atoms with Crippen LogP contribution in [-0.4, -0.2) is 80.8 Å². The lowest BCUT2D eigenvalue weighted by atomic mass is 9.82. The van der Waals surface area contributed by atoms with E-state index in [9.17, 15) is 19.2 Å². The molecule has 4 aliphatic rings. The number of allylic oxidation sites excluding steroid dienone is 1. The van der Waals surface area contributed by atoms with Crippen LogP contribution >= 0.6 is 0 Å². The molecule has 3 aliphatic heterocycles. The number of rotatable bonds is 9. The summed E-state index contributed by atoms with van der Waals surface area (Å²) in [5.41, 5.74) is 11.5. The van der Waals surface area contributed by atoms with Crippen LogP contribution in [0.5, 0.6) is 0 Å². The lowest BCUT2D eigenvalue weighted by Crippen LogP contribution is -2.52. The van der Waals surface area contributed by atoms with Gasteiger partial charge >= 0.3 is 0 Å². The minimum Gasteiger partial charge on any atom is -0.404 e. The van der Waals surface area contributed by atoms with Gasteiger partial charge in [0.1, 0.15) is 6.04 Å². The number of aliphatic imine (C=N–C) groups is 1. The average molecular weight is 677 g/mol. The van der Waals surface area contributed by atoms with Gasteiger partial charge in [-0.2, -0.15) is 0 Å². The molecule has 3 fully saturated rings. The highest BCUT2D eigenvalue weighted by atomic mass is 16.2. The topological polar surface area (TPSA) is 163 Å². The molecule has 3 aromatic rings. The lowest BCUT2D eigenvalue weighted by molar-refractivity contribution is -0.137. The van der Waals surface area contributed by atoms with E-state index in [2.05, 4.69) is 20.5 Å². The Morgan fingerprint density at radius 3 is 2.54 bits per heavy atom. The van der Waals surface area contributed by atoms with E-state index in [0.717, 1.165) is 85.0 Å². The number of para-hydroxylation sites is 2. The van der Waals surface area contributed by atoms with Gasteiger partial charge in [-0.05, 0) is 80.2 Å². The molecule has 2 saturated heterocycles. The van der Waals surface area contributed by atoms with E-state index in [1.165, 1.54) is 0 Å². The first-order chi connectivity index (χ1) is 24.3. The molecule has 0 spiro atoms. The van der Waals surface area contributed by atoms with Crippen LogP contribution in [0.2, 0.25) is 0 Å². The zero-order chi connectivity index (χ0) is 34.6. The van der Waals surface area contributed by atoms with Crippen molar-refractivity contribution in [2.45, 2.75) is 89.0 Å². The fourth-order valence-electron chi connectivity index (χ4n) is 7.86. The molecule has 2 aromatic carbocycles. The largest absolute Gasteiger partial charge is 0.404 e. The molecule has 12 nitrogen and oxygen atoms in total. The summed E-state index contributed by atoms with van der Waals surface area (Å²) in [5, 5.41) is 5.41. The van der Waals surface area contributed by atoms with Gasteiger partial charge in [0.2, 0.25) is 17.7 Å². The van der Waals surface area contributed by atoms with Crippen molar-refractivity contribution in [3.63, 3.8) is 0 Å². The predicted octanol–water partition coefficient (Wildman–Crippen LogP) is 3.49. The second kappa shape index (κ2) is 14.9. The summed E-state index contributed by atoms with van der Waals surface area (Å²) >= 11 is 0. The summed E-state index contributed by atoms with van der Waals surface area (Å²) < 4.78 is 0. The Bertz CT molecular complexity index is 1840. The minimum absolute atomic E-state index is 0.0504. The van der Waals surface area contributed by atoms with E-state index < -0.39 is 11.9 Å². The fourth-order valence-corrected chi connectivity index (χ4v) is 7.86. The molecule has 1 unspecified atom stereocenters. The standard InChI is InChI=1S/C38H44N8O4/c39-19-27(33-22-41-31-3-1-2-4-32(31)43-33)21-40-28-13-15-45(16-14-28)29-8-5-24(6-9-29)18-36(48)42-20-25-7-10-30-26(17-25)23-46(38(30)50)34-11-12-35(47)44-37(34)49/h1-4,7,10,17,19,21-22,24,28-29,34H,5-6,8-9,11-16,18,20,23,39H2,(H,42,48)(H,44,47,49). The molecule has 1 aromatic heterocycles. The zero-order valence-electron chi connectivity index (χ0n) is 28.2. The number of imide groups is 1. The molecule has 0 radical (unpaired) electrons. The van der Waals surface area contributed by atoms with Crippen LogP contribution in [0.15, 0.2) is 59.9 Å². The van der Waals surface area contributed by atoms with Gasteiger partial charge < -0.3 is 20.9 Å². The van der Waals surface area contributed by atoms with Crippen LogP contribution in [0.3, 0.4) is 0 Å². The summed E-state index contributed by atoms with van der Waals surface area (Å²) in [7, 11) is 0. The maximum Gasteiger partial charge on any atom is 0.255 e. The number of carbonyl (C=O) groups excluding carboxylic acids is 4. The van der Waals surface area contributed by atoms with Gasteiger partial charge in [-0.15, -0.1) is 0 Å². The van der Waals surface area contributed by atoms with E-state index in [0.29, 0.717) is 43.5 Å². The molecule has 12 heteroatoms. The molecular weight excluding hydrogens is 632 g/mol. The molecule has 4 heterocycles. The number of likely N-dealkylation sites (tertiary alicyclic amines) is 1. The third-order valence-corrected chi connectivity index (χ3v) is 10.7. The highest BCUT2D eigenvalue weighted by Crippen LogP contribution is 2.32. The number of aromatic nitrogens is 2. The number of amides is 4. The SMILES string of the molecule is NC=C(C=NC1CCN(C2CCC(CC(=O)NCc3ccc4c(c3)CN(C3CCC(=O)NC3=O)C4=O)CC2)CC1)c1cnc2ccccc2n1. The summed E-state index contributed by atoms with van der Waals surface area (Å²) in [6, 6.07) is 13.5. The van der Waals surface area contributed by atoms with E-state index in [1.54, 1.807) is 23.4 Å². The Hall–Kier alpha value is -4.97. The van der Waals surface area contributed by atoms with Crippen LogP contribution in [-0.2, 0) is 27.5 Å².